The summed E-state index contributed by atoms with van der Waals surface area (Å²) in [4.78, 5) is 20.6. The lowest BCUT2D eigenvalue weighted by Gasteiger charge is -2.12. The van der Waals surface area contributed by atoms with E-state index >= 15 is 0 Å². The summed E-state index contributed by atoms with van der Waals surface area (Å²) in [6.45, 7) is 1.92. The van der Waals surface area contributed by atoms with Gasteiger partial charge >= 0.3 is 0 Å². The van der Waals surface area contributed by atoms with E-state index in [2.05, 4.69) is 20.4 Å². The molecule has 1 N–H and O–H groups in total. The Morgan fingerprint density at radius 1 is 1.16 bits per heavy atom. The van der Waals surface area contributed by atoms with Crippen molar-refractivity contribution in [3.63, 3.8) is 0 Å². The van der Waals surface area contributed by atoms with Gasteiger partial charge in [-0.1, -0.05) is 41.6 Å². The number of benzene rings is 1. The minimum absolute atomic E-state index is 0.0130. The van der Waals surface area contributed by atoms with Crippen LogP contribution in [-0.2, 0) is 11.2 Å². The minimum atomic E-state index is -0.109. The number of nitrogens with one attached hydrogen (secondary N) is 1. The molecule has 0 aliphatic rings. The molecule has 0 fully saturated rings. The Kier molecular flexibility index (Phi) is 5.51. The van der Waals surface area contributed by atoms with Gasteiger partial charge in [-0.15, -0.1) is 0 Å². The average Bonchev–Trinajstić information content (AvgIpc) is 3.12. The molecule has 1 atom stereocenters. The van der Waals surface area contributed by atoms with E-state index < -0.39 is 0 Å². The molecule has 3 rings (SSSR count). The van der Waals surface area contributed by atoms with Crippen LogP contribution in [0, 0.1) is 0 Å². The van der Waals surface area contributed by atoms with Crippen molar-refractivity contribution in [1.82, 2.24) is 20.4 Å². The van der Waals surface area contributed by atoms with Gasteiger partial charge in [0.05, 0.1) is 11.7 Å². The Hall–Kier alpha value is -3.02. The molecule has 1 aromatic carbocycles. The zero-order valence-electron chi connectivity index (χ0n) is 14.1. The third-order valence-electron chi connectivity index (χ3n) is 3.80. The highest BCUT2D eigenvalue weighted by molar-refractivity contribution is 5.76. The first-order valence-electron chi connectivity index (χ1n) is 8.30. The van der Waals surface area contributed by atoms with E-state index in [0.29, 0.717) is 31.0 Å². The van der Waals surface area contributed by atoms with Crippen LogP contribution in [0.3, 0.4) is 0 Å². The smallest absolute Gasteiger partial charge is 0.226 e. The van der Waals surface area contributed by atoms with Gasteiger partial charge in [0.15, 0.2) is 0 Å². The molecule has 0 spiro atoms. The van der Waals surface area contributed by atoms with Crippen LogP contribution in [-0.4, -0.2) is 21.0 Å². The summed E-state index contributed by atoms with van der Waals surface area (Å²) in [5, 5.41) is 6.92. The maximum atomic E-state index is 12.0. The quantitative estimate of drug-likeness (QED) is 0.716. The summed E-state index contributed by atoms with van der Waals surface area (Å²) in [6, 6.07) is 15.2. The topological polar surface area (TPSA) is 80.9 Å². The van der Waals surface area contributed by atoms with Crippen LogP contribution in [0.5, 0.6) is 0 Å². The van der Waals surface area contributed by atoms with E-state index in [0.717, 1.165) is 11.3 Å². The van der Waals surface area contributed by atoms with Gasteiger partial charge < -0.3 is 9.84 Å². The standard InChI is InChI=1S/C19H20N4O2/c1-14(16-10-5-6-13-20-16)21-17(24)11-7-12-18-22-19(23-25-18)15-8-3-2-4-9-15/h2-6,8-10,13-14H,7,11-12H2,1H3,(H,21,24). The molecule has 2 heterocycles. The van der Waals surface area contributed by atoms with E-state index in [4.69, 9.17) is 4.52 Å². The normalized spacial score (nSPS) is 11.9. The molecule has 0 aliphatic carbocycles. The Morgan fingerprint density at radius 2 is 1.96 bits per heavy atom. The van der Waals surface area contributed by atoms with Crippen LogP contribution in [0.15, 0.2) is 59.3 Å². The summed E-state index contributed by atoms with van der Waals surface area (Å²) in [6.07, 6.45) is 3.35. The number of amides is 1. The van der Waals surface area contributed by atoms with Crippen LogP contribution in [0.4, 0.5) is 0 Å². The number of carbonyl (C=O) groups is 1. The van der Waals surface area contributed by atoms with Gasteiger partial charge in [-0.3, -0.25) is 9.78 Å². The molecule has 2 aromatic heterocycles. The first-order chi connectivity index (χ1) is 12.2. The minimum Gasteiger partial charge on any atom is -0.348 e. The summed E-state index contributed by atoms with van der Waals surface area (Å²) >= 11 is 0. The van der Waals surface area contributed by atoms with Gasteiger partial charge in [-0.05, 0) is 25.5 Å². The fourth-order valence-corrected chi connectivity index (χ4v) is 2.48. The van der Waals surface area contributed by atoms with Crippen molar-refractivity contribution < 1.29 is 9.32 Å². The Bertz CT molecular complexity index is 803. The van der Waals surface area contributed by atoms with Crippen molar-refractivity contribution in [3.8, 4) is 11.4 Å². The van der Waals surface area contributed by atoms with Crippen molar-refractivity contribution >= 4 is 5.91 Å². The van der Waals surface area contributed by atoms with Crippen LogP contribution in [0.2, 0.25) is 0 Å². The van der Waals surface area contributed by atoms with E-state index in [9.17, 15) is 4.79 Å². The Morgan fingerprint density at radius 3 is 2.72 bits per heavy atom. The summed E-state index contributed by atoms with van der Waals surface area (Å²) < 4.78 is 5.25. The maximum Gasteiger partial charge on any atom is 0.226 e. The molecule has 0 saturated heterocycles. The lowest BCUT2D eigenvalue weighted by atomic mass is 10.2. The molecule has 1 amide bonds. The second-order valence-corrected chi connectivity index (χ2v) is 5.78. The van der Waals surface area contributed by atoms with Gasteiger partial charge in [0.25, 0.3) is 0 Å². The number of hydrogen-bond donors (Lipinski definition) is 1. The highest BCUT2D eigenvalue weighted by Crippen LogP contribution is 2.15. The first kappa shape index (κ1) is 16.8. The van der Waals surface area contributed by atoms with Gasteiger partial charge in [0.2, 0.25) is 17.6 Å². The summed E-state index contributed by atoms with van der Waals surface area (Å²) in [7, 11) is 0. The van der Waals surface area contributed by atoms with Gasteiger partial charge in [-0.25, -0.2) is 0 Å². The zero-order valence-corrected chi connectivity index (χ0v) is 14.1. The van der Waals surface area contributed by atoms with Crippen molar-refractivity contribution in [1.29, 1.82) is 0 Å². The SMILES string of the molecule is CC(NC(=O)CCCc1nc(-c2ccccc2)no1)c1ccccn1. The fraction of sp³-hybridized carbons (Fsp3) is 0.263. The molecular formula is C19H20N4O2. The highest BCUT2D eigenvalue weighted by Gasteiger charge is 2.12. The molecule has 3 aromatic rings. The van der Waals surface area contributed by atoms with Crippen LogP contribution < -0.4 is 5.32 Å². The molecule has 0 bridgehead atoms. The predicted molar refractivity (Wildman–Crippen MR) is 93.5 cm³/mol. The lowest BCUT2D eigenvalue weighted by Crippen LogP contribution is -2.26. The molecule has 128 valence electrons. The monoisotopic (exact) mass is 336 g/mol. The van der Waals surface area contributed by atoms with E-state index in [1.165, 1.54) is 0 Å². The van der Waals surface area contributed by atoms with Crippen LogP contribution in [0.1, 0.15) is 37.4 Å². The second kappa shape index (κ2) is 8.19. The first-order valence-corrected chi connectivity index (χ1v) is 8.30. The van der Waals surface area contributed by atoms with E-state index in [1.54, 1.807) is 6.20 Å². The van der Waals surface area contributed by atoms with Crippen molar-refractivity contribution in [2.24, 2.45) is 0 Å². The fourth-order valence-electron chi connectivity index (χ4n) is 2.48. The van der Waals surface area contributed by atoms with Crippen molar-refractivity contribution in [2.75, 3.05) is 0 Å². The summed E-state index contributed by atoms with van der Waals surface area (Å²) in [5.74, 6) is 1.11. The van der Waals surface area contributed by atoms with Gasteiger partial charge in [0.1, 0.15) is 0 Å². The summed E-state index contributed by atoms with van der Waals surface area (Å²) in [5.41, 5.74) is 1.76. The zero-order chi connectivity index (χ0) is 17.5. The van der Waals surface area contributed by atoms with Gasteiger partial charge in [-0.2, -0.15) is 4.98 Å². The highest BCUT2D eigenvalue weighted by atomic mass is 16.5. The molecule has 6 nitrogen and oxygen atoms in total. The Labute approximate surface area is 146 Å². The molecular weight excluding hydrogens is 316 g/mol. The van der Waals surface area contributed by atoms with Gasteiger partial charge in [0, 0.05) is 24.6 Å². The number of pyridine rings is 1. The van der Waals surface area contributed by atoms with Crippen LogP contribution in [0.25, 0.3) is 11.4 Å². The molecule has 6 heteroatoms. The molecule has 0 aliphatic heterocycles. The average molecular weight is 336 g/mol. The maximum absolute atomic E-state index is 12.0. The van der Waals surface area contributed by atoms with Crippen LogP contribution >= 0.6 is 0 Å². The largest absolute Gasteiger partial charge is 0.348 e. The molecule has 0 radical (unpaired) electrons. The molecule has 25 heavy (non-hydrogen) atoms. The predicted octanol–water partition coefficient (Wildman–Crippen LogP) is 3.33. The number of hydrogen-bond acceptors (Lipinski definition) is 5. The second-order valence-electron chi connectivity index (χ2n) is 5.78. The Balaban J connectivity index is 1.45. The lowest BCUT2D eigenvalue weighted by molar-refractivity contribution is -0.121. The molecule has 0 saturated carbocycles. The molecule has 1 unspecified atom stereocenters. The number of aryl methyl sites for hydroxylation is 1. The third kappa shape index (κ3) is 4.73. The number of aromatic nitrogens is 3. The van der Waals surface area contributed by atoms with Crippen molar-refractivity contribution in [2.45, 2.75) is 32.2 Å². The van der Waals surface area contributed by atoms with E-state index in [1.807, 2.05) is 55.5 Å². The number of rotatable bonds is 7. The number of nitrogens with zero attached hydrogens (tertiary/aromatic N) is 3. The third-order valence-corrected chi connectivity index (χ3v) is 3.80. The van der Waals surface area contributed by atoms with E-state index in [-0.39, 0.29) is 11.9 Å². The van der Waals surface area contributed by atoms with Crippen molar-refractivity contribution in [3.05, 3.63) is 66.3 Å². The number of carbonyl (C=O) groups excluding carboxylic acids is 1.